The van der Waals surface area contributed by atoms with Crippen LogP contribution in [0.1, 0.15) is 41.7 Å². The average Bonchev–Trinajstić information content (AvgIpc) is 3.17. The van der Waals surface area contributed by atoms with E-state index in [2.05, 4.69) is 17.4 Å². The van der Waals surface area contributed by atoms with Crippen LogP contribution in [0.5, 0.6) is 0 Å². The summed E-state index contributed by atoms with van der Waals surface area (Å²) >= 11 is 0. The van der Waals surface area contributed by atoms with Gasteiger partial charge in [-0.3, -0.25) is 4.79 Å². The Kier molecular flexibility index (Phi) is 5.79. The molecule has 0 saturated carbocycles. The lowest BCUT2D eigenvalue weighted by Gasteiger charge is -2.17. The molecule has 0 aliphatic rings. The Hall–Kier alpha value is -2.95. The van der Waals surface area contributed by atoms with Crippen molar-refractivity contribution in [2.24, 2.45) is 0 Å². The van der Waals surface area contributed by atoms with Crippen LogP contribution in [0.4, 0.5) is 4.39 Å². The number of hydrogen-bond acceptors (Lipinski definition) is 3. The Morgan fingerprint density at radius 3 is 2.58 bits per heavy atom. The number of hydrogen-bond donors (Lipinski definition) is 1. The molecule has 1 atom stereocenters. The van der Waals surface area contributed by atoms with Crippen LogP contribution in [-0.2, 0) is 0 Å². The summed E-state index contributed by atoms with van der Waals surface area (Å²) in [5.74, 6) is 0.146. The van der Waals surface area contributed by atoms with Crippen molar-refractivity contribution in [1.29, 1.82) is 0 Å². The van der Waals surface area contributed by atoms with Gasteiger partial charge < -0.3 is 9.84 Å². The maximum absolute atomic E-state index is 13.1. The first kappa shape index (κ1) is 17.9. The average molecular weight is 352 g/mol. The van der Waals surface area contributed by atoms with Crippen LogP contribution in [0, 0.1) is 5.82 Å². The Balaban J connectivity index is 1.65. The van der Waals surface area contributed by atoms with E-state index >= 15 is 0 Å². The van der Waals surface area contributed by atoms with Crippen molar-refractivity contribution in [3.05, 3.63) is 77.7 Å². The SMILES string of the molecule is CCCC(CNC(=O)c1cc(-c2ccccc2)on1)c1ccc(F)cc1. The molecule has 26 heavy (non-hydrogen) atoms. The summed E-state index contributed by atoms with van der Waals surface area (Å²) in [6.45, 7) is 2.55. The lowest BCUT2D eigenvalue weighted by atomic mass is 9.94. The molecule has 3 rings (SSSR count). The molecule has 1 amide bonds. The molecule has 1 aromatic heterocycles. The van der Waals surface area contributed by atoms with Gasteiger partial charge in [-0.1, -0.05) is 61.0 Å². The fraction of sp³-hybridized carbons (Fsp3) is 0.238. The fourth-order valence-electron chi connectivity index (χ4n) is 2.90. The molecular formula is C21H21FN2O2. The zero-order valence-electron chi connectivity index (χ0n) is 14.6. The van der Waals surface area contributed by atoms with E-state index in [1.165, 1.54) is 12.1 Å². The summed E-state index contributed by atoms with van der Waals surface area (Å²) in [5.41, 5.74) is 2.13. The third-order valence-electron chi connectivity index (χ3n) is 4.29. The van der Waals surface area contributed by atoms with Crippen LogP contribution in [-0.4, -0.2) is 17.6 Å². The van der Waals surface area contributed by atoms with Crippen LogP contribution in [0.25, 0.3) is 11.3 Å². The molecule has 1 unspecified atom stereocenters. The van der Waals surface area contributed by atoms with Crippen LogP contribution < -0.4 is 5.32 Å². The van der Waals surface area contributed by atoms with Gasteiger partial charge in [0.1, 0.15) is 5.82 Å². The molecule has 0 aliphatic carbocycles. The molecule has 3 aromatic rings. The van der Waals surface area contributed by atoms with Crippen molar-refractivity contribution in [3.8, 4) is 11.3 Å². The van der Waals surface area contributed by atoms with E-state index in [9.17, 15) is 9.18 Å². The number of nitrogens with zero attached hydrogens (tertiary/aromatic N) is 1. The molecule has 1 N–H and O–H groups in total. The minimum atomic E-state index is -0.279. The molecule has 0 bridgehead atoms. The molecule has 134 valence electrons. The van der Waals surface area contributed by atoms with Crippen LogP contribution in [0.2, 0.25) is 0 Å². The van der Waals surface area contributed by atoms with E-state index < -0.39 is 0 Å². The van der Waals surface area contributed by atoms with Gasteiger partial charge in [-0.2, -0.15) is 0 Å². The van der Waals surface area contributed by atoms with Gasteiger partial charge in [0.15, 0.2) is 11.5 Å². The second kappa shape index (κ2) is 8.43. The number of benzene rings is 2. The molecular weight excluding hydrogens is 331 g/mol. The molecule has 0 spiro atoms. The highest BCUT2D eigenvalue weighted by Crippen LogP contribution is 2.22. The van der Waals surface area contributed by atoms with Gasteiger partial charge in [0.05, 0.1) is 0 Å². The highest BCUT2D eigenvalue weighted by molar-refractivity contribution is 5.93. The van der Waals surface area contributed by atoms with Crippen molar-refractivity contribution >= 4 is 5.91 Å². The normalized spacial score (nSPS) is 11.9. The zero-order chi connectivity index (χ0) is 18.4. The van der Waals surface area contributed by atoms with Gasteiger partial charge in [-0.05, 0) is 24.1 Å². The Morgan fingerprint density at radius 2 is 1.88 bits per heavy atom. The van der Waals surface area contributed by atoms with Crippen molar-refractivity contribution in [2.45, 2.75) is 25.7 Å². The first-order valence-electron chi connectivity index (χ1n) is 8.73. The number of amides is 1. The topological polar surface area (TPSA) is 55.1 Å². The summed E-state index contributed by atoms with van der Waals surface area (Å²) in [6.07, 6.45) is 1.88. The van der Waals surface area contributed by atoms with Crippen LogP contribution >= 0.6 is 0 Å². The summed E-state index contributed by atoms with van der Waals surface area (Å²) < 4.78 is 18.4. The minimum Gasteiger partial charge on any atom is -0.355 e. The first-order valence-corrected chi connectivity index (χ1v) is 8.73. The number of nitrogens with one attached hydrogen (secondary N) is 1. The predicted molar refractivity (Wildman–Crippen MR) is 98.3 cm³/mol. The zero-order valence-corrected chi connectivity index (χ0v) is 14.6. The maximum atomic E-state index is 13.1. The summed E-state index contributed by atoms with van der Waals surface area (Å²) in [6, 6.07) is 17.6. The Bertz CT molecular complexity index is 844. The molecule has 2 aromatic carbocycles. The Labute approximate surface area is 152 Å². The largest absolute Gasteiger partial charge is 0.355 e. The molecule has 0 fully saturated rings. The first-order chi connectivity index (χ1) is 12.7. The van der Waals surface area contributed by atoms with Crippen molar-refractivity contribution in [2.75, 3.05) is 6.54 Å². The second-order valence-corrected chi connectivity index (χ2v) is 6.19. The number of rotatable bonds is 7. The number of halogens is 1. The van der Waals surface area contributed by atoms with Gasteiger partial charge >= 0.3 is 0 Å². The Morgan fingerprint density at radius 1 is 1.15 bits per heavy atom. The number of carbonyl (C=O) groups is 1. The highest BCUT2D eigenvalue weighted by Gasteiger charge is 2.16. The standard InChI is InChI=1S/C21H21FN2O2/c1-2-6-17(15-9-11-18(22)12-10-15)14-23-21(25)19-13-20(26-24-19)16-7-4-3-5-8-16/h3-5,7-13,17H,2,6,14H2,1H3,(H,23,25). The molecule has 1 heterocycles. The molecule has 4 nitrogen and oxygen atoms in total. The molecule has 0 aliphatic heterocycles. The van der Waals surface area contributed by atoms with Crippen LogP contribution in [0.15, 0.2) is 65.2 Å². The third-order valence-corrected chi connectivity index (χ3v) is 4.29. The van der Waals surface area contributed by atoms with Gasteiger partial charge in [0.2, 0.25) is 0 Å². The van der Waals surface area contributed by atoms with Crippen molar-refractivity contribution in [3.63, 3.8) is 0 Å². The van der Waals surface area contributed by atoms with E-state index in [-0.39, 0.29) is 23.3 Å². The third kappa shape index (κ3) is 4.36. The van der Waals surface area contributed by atoms with Gasteiger partial charge in [0, 0.05) is 24.1 Å². The lowest BCUT2D eigenvalue weighted by Crippen LogP contribution is -2.28. The maximum Gasteiger partial charge on any atom is 0.273 e. The summed E-state index contributed by atoms with van der Waals surface area (Å²) in [4.78, 5) is 12.4. The van der Waals surface area contributed by atoms with Gasteiger partial charge in [-0.15, -0.1) is 0 Å². The molecule has 0 radical (unpaired) electrons. The fourth-order valence-corrected chi connectivity index (χ4v) is 2.90. The lowest BCUT2D eigenvalue weighted by molar-refractivity contribution is 0.0941. The number of aromatic nitrogens is 1. The second-order valence-electron chi connectivity index (χ2n) is 6.19. The highest BCUT2D eigenvalue weighted by atomic mass is 19.1. The van der Waals surface area contributed by atoms with E-state index in [4.69, 9.17) is 4.52 Å². The predicted octanol–water partition coefficient (Wildman–Crippen LogP) is 4.79. The smallest absolute Gasteiger partial charge is 0.273 e. The summed E-state index contributed by atoms with van der Waals surface area (Å²) in [7, 11) is 0. The number of carbonyl (C=O) groups excluding carboxylic acids is 1. The summed E-state index contributed by atoms with van der Waals surface area (Å²) in [5, 5.41) is 6.77. The van der Waals surface area contributed by atoms with E-state index in [0.29, 0.717) is 12.3 Å². The van der Waals surface area contributed by atoms with Crippen molar-refractivity contribution in [1.82, 2.24) is 10.5 Å². The van der Waals surface area contributed by atoms with Gasteiger partial charge in [-0.25, -0.2) is 4.39 Å². The van der Waals surface area contributed by atoms with E-state index in [1.54, 1.807) is 18.2 Å². The van der Waals surface area contributed by atoms with E-state index in [0.717, 1.165) is 24.0 Å². The van der Waals surface area contributed by atoms with Crippen molar-refractivity contribution < 1.29 is 13.7 Å². The minimum absolute atomic E-state index is 0.130. The monoisotopic (exact) mass is 352 g/mol. The van der Waals surface area contributed by atoms with E-state index in [1.807, 2.05) is 30.3 Å². The van der Waals surface area contributed by atoms with Gasteiger partial charge in [0.25, 0.3) is 5.91 Å². The molecule has 0 saturated heterocycles. The quantitative estimate of drug-likeness (QED) is 0.665. The molecule has 5 heteroatoms. The van der Waals surface area contributed by atoms with Crippen LogP contribution in [0.3, 0.4) is 0 Å².